The largest absolute Gasteiger partial charge is 0.490 e. The van der Waals surface area contributed by atoms with Gasteiger partial charge < -0.3 is 20.9 Å². The summed E-state index contributed by atoms with van der Waals surface area (Å²) in [6.45, 7) is 3.30. The average molecular weight is 396 g/mol. The first-order valence-electron chi connectivity index (χ1n) is 9.81. The number of aromatic nitrogens is 4. The second-order valence-electron chi connectivity index (χ2n) is 7.19. The second kappa shape index (κ2) is 7.94. The molecule has 4 N–H and O–H groups in total. The lowest BCUT2D eigenvalue weighted by molar-refractivity contribution is 0.0696. The number of benzene rings is 1. The number of carboxylic acids is 1. The van der Waals surface area contributed by atoms with Gasteiger partial charge in [-0.3, -0.25) is 4.68 Å². The van der Waals surface area contributed by atoms with Crippen LogP contribution in [-0.4, -0.2) is 43.5 Å². The first-order chi connectivity index (χ1) is 14.0. The number of carboxylic acid groups (broad SMARTS) is 1. The van der Waals surface area contributed by atoms with Gasteiger partial charge in [-0.1, -0.05) is 19.4 Å². The predicted molar refractivity (Wildman–Crippen MR) is 109 cm³/mol. The van der Waals surface area contributed by atoms with Crippen molar-refractivity contribution in [1.82, 2.24) is 19.7 Å². The third kappa shape index (κ3) is 4.23. The minimum atomic E-state index is -0.979. The molecule has 0 bridgehead atoms. The number of rotatable bonds is 9. The molecular weight excluding hydrogens is 372 g/mol. The zero-order valence-electron chi connectivity index (χ0n) is 16.3. The SMILES string of the molecule is CCCCNc1nc(N)nc2cnn(Cc3ccc(C(=O)O)cc3OC3CC3)c12. The maximum Gasteiger partial charge on any atom is 0.335 e. The lowest BCUT2D eigenvalue weighted by Gasteiger charge is -2.14. The van der Waals surface area contributed by atoms with E-state index in [0.29, 0.717) is 23.6 Å². The molecule has 0 atom stereocenters. The van der Waals surface area contributed by atoms with Crippen LogP contribution >= 0.6 is 0 Å². The molecule has 9 nitrogen and oxygen atoms in total. The molecule has 0 unspecified atom stereocenters. The van der Waals surface area contributed by atoms with Crippen LogP contribution < -0.4 is 15.8 Å². The van der Waals surface area contributed by atoms with Gasteiger partial charge in [0.2, 0.25) is 5.95 Å². The lowest BCUT2D eigenvalue weighted by atomic mass is 10.1. The highest BCUT2D eigenvalue weighted by atomic mass is 16.5. The van der Waals surface area contributed by atoms with Crippen molar-refractivity contribution in [3.8, 4) is 5.75 Å². The maximum atomic E-state index is 11.3. The Morgan fingerprint density at radius 1 is 1.38 bits per heavy atom. The molecule has 0 aliphatic heterocycles. The number of hydrogen-bond donors (Lipinski definition) is 3. The molecule has 4 rings (SSSR count). The van der Waals surface area contributed by atoms with Crippen LogP contribution in [0.3, 0.4) is 0 Å². The van der Waals surface area contributed by atoms with Gasteiger partial charge in [0.1, 0.15) is 16.8 Å². The van der Waals surface area contributed by atoms with E-state index < -0.39 is 5.97 Å². The predicted octanol–water partition coefficient (Wildman–Crippen LogP) is 2.91. The molecule has 1 fully saturated rings. The van der Waals surface area contributed by atoms with Crippen molar-refractivity contribution in [2.24, 2.45) is 0 Å². The van der Waals surface area contributed by atoms with Crippen LogP contribution in [0.15, 0.2) is 24.4 Å². The Bertz CT molecular complexity index is 1040. The number of nitrogen functional groups attached to an aromatic ring is 1. The first kappa shape index (κ1) is 19.0. The zero-order valence-corrected chi connectivity index (χ0v) is 16.3. The number of nitrogens with two attached hydrogens (primary N) is 1. The molecule has 0 radical (unpaired) electrons. The highest BCUT2D eigenvalue weighted by Crippen LogP contribution is 2.31. The van der Waals surface area contributed by atoms with Crippen LogP contribution in [0.25, 0.3) is 11.0 Å². The lowest BCUT2D eigenvalue weighted by Crippen LogP contribution is -2.11. The molecule has 0 amide bonds. The van der Waals surface area contributed by atoms with Crippen molar-refractivity contribution in [3.05, 3.63) is 35.5 Å². The molecule has 1 saturated carbocycles. The summed E-state index contributed by atoms with van der Waals surface area (Å²) in [6.07, 6.45) is 5.86. The number of nitrogens with one attached hydrogen (secondary N) is 1. The van der Waals surface area contributed by atoms with Gasteiger partial charge in [0.25, 0.3) is 0 Å². The van der Waals surface area contributed by atoms with Crippen molar-refractivity contribution < 1.29 is 14.6 Å². The summed E-state index contributed by atoms with van der Waals surface area (Å²) in [4.78, 5) is 20.0. The number of carbonyl (C=O) groups is 1. The van der Waals surface area contributed by atoms with Gasteiger partial charge in [-0.25, -0.2) is 9.78 Å². The Kier molecular flexibility index (Phi) is 5.20. The maximum absolute atomic E-state index is 11.3. The van der Waals surface area contributed by atoms with Crippen LogP contribution in [0.2, 0.25) is 0 Å². The summed E-state index contributed by atoms with van der Waals surface area (Å²) in [5.74, 6) is 0.436. The van der Waals surface area contributed by atoms with E-state index >= 15 is 0 Å². The van der Waals surface area contributed by atoms with Crippen molar-refractivity contribution in [2.75, 3.05) is 17.6 Å². The molecule has 2 heterocycles. The standard InChI is InChI=1S/C20H24N6O3/c1-2-3-8-22-18-17-15(24-20(21)25-18)10-23-26(17)11-13-5-4-12(19(27)28)9-16(13)29-14-6-7-14/h4-5,9-10,14H,2-3,6-8,11H2,1H3,(H,27,28)(H3,21,22,24,25). The summed E-state index contributed by atoms with van der Waals surface area (Å²) in [5, 5.41) is 17.1. The average Bonchev–Trinajstić information content (AvgIpc) is 3.42. The van der Waals surface area contributed by atoms with Gasteiger partial charge in [-0.05, 0) is 31.4 Å². The summed E-state index contributed by atoms with van der Waals surface area (Å²) in [6, 6.07) is 4.94. The summed E-state index contributed by atoms with van der Waals surface area (Å²) >= 11 is 0. The quantitative estimate of drug-likeness (QED) is 0.471. The molecule has 3 aromatic rings. The van der Waals surface area contributed by atoms with Crippen LogP contribution in [0.5, 0.6) is 5.75 Å². The fraction of sp³-hybridized carbons (Fsp3) is 0.400. The summed E-state index contributed by atoms with van der Waals surface area (Å²) < 4.78 is 7.76. The van der Waals surface area contributed by atoms with Gasteiger partial charge in [-0.2, -0.15) is 10.1 Å². The number of hydrogen-bond acceptors (Lipinski definition) is 7. The van der Waals surface area contributed by atoms with E-state index in [0.717, 1.165) is 43.3 Å². The van der Waals surface area contributed by atoms with E-state index in [2.05, 4.69) is 27.3 Å². The van der Waals surface area contributed by atoms with Crippen molar-refractivity contribution in [3.63, 3.8) is 0 Å². The van der Waals surface area contributed by atoms with E-state index in [1.807, 2.05) is 0 Å². The van der Waals surface area contributed by atoms with E-state index in [4.69, 9.17) is 10.5 Å². The number of aromatic carboxylic acids is 1. The van der Waals surface area contributed by atoms with Crippen molar-refractivity contribution >= 4 is 28.8 Å². The van der Waals surface area contributed by atoms with E-state index in [1.54, 1.807) is 29.1 Å². The summed E-state index contributed by atoms with van der Waals surface area (Å²) in [5.41, 5.74) is 8.31. The van der Waals surface area contributed by atoms with Gasteiger partial charge in [0, 0.05) is 12.1 Å². The normalized spacial score (nSPS) is 13.6. The smallest absolute Gasteiger partial charge is 0.335 e. The molecular formula is C20H24N6O3. The van der Waals surface area contributed by atoms with Crippen molar-refractivity contribution in [1.29, 1.82) is 0 Å². The molecule has 9 heteroatoms. The third-order valence-corrected chi connectivity index (χ3v) is 4.78. The minimum absolute atomic E-state index is 0.154. The Hall–Kier alpha value is -3.36. The molecule has 152 valence electrons. The van der Waals surface area contributed by atoms with E-state index in [-0.39, 0.29) is 17.6 Å². The number of anilines is 2. The summed E-state index contributed by atoms with van der Waals surface area (Å²) in [7, 11) is 0. The van der Waals surface area contributed by atoms with Crippen LogP contribution in [0, 0.1) is 0 Å². The Balaban J connectivity index is 1.69. The third-order valence-electron chi connectivity index (χ3n) is 4.78. The minimum Gasteiger partial charge on any atom is -0.490 e. The monoisotopic (exact) mass is 396 g/mol. The Morgan fingerprint density at radius 2 is 2.21 bits per heavy atom. The van der Waals surface area contributed by atoms with Gasteiger partial charge in [-0.15, -0.1) is 0 Å². The highest BCUT2D eigenvalue weighted by molar-refractivity contribution is 5.88. The Morgan fingerprint density at radius 3 is 2.93 bits per heavy atom. The fourth-order valence-electron chi connectivity index (χ4n) is 3.10. The van der Waals surface area contributed by atoms with Crippen LogP contribution in [0.1, 0.15) is 48.5 Å². The first-order valence-corrected chi connectivity index (χ1v) is 9.81. The van der Waals surface area contributed by atoms with Crippen LogP contribution in [0.4, 0.5) is 11.8 Å². The van der Waals surface area contributed by atoms with Gasteiger partial charge >= 0.3 is 5.97 Å². The molecule has 1 aromatic carbocycles. The van der Waals surface area contributed by atoms with Crippen LogP contribution in [-0.2, 0) is 6.54 Å². The van der Waals surface area contributed by atoms with Gasteiger partial charge in [0.15, 0.2) is 5.82 Å². The zero-order chi connectivity index (χ0) is 20.4. The molecule has 2 aromatic heterocycles. The molecule has 29 heavy (non-hydrogen) atoms. The Labute approximate surface area is 167 Å². The number of unbranched alkanes of at least 4 members (excludes halogenated alkanes) is 1. The van der Waals surface area contributed by atoms with E-state index in [1.165, 1.54) is 0 Å². The highest BCUT2D eigenvalue weighted by Gasteiger charge is 2.25. The topological polar surface area (TPSA) is 128 Å². The molecule has 1 aliphatic carbocycles. The number of ether oxygens (including phenoxy) is 1. The second-order valence-corrected chi connectivity index (χ2v) is 7.19. The van der Waals surface area contributed by atoms with Crippen molar-refractivity contribution in [2.45, 2.75) is 45.3 Å². The fourth-order valence-corrected chi connectivity index (χ4v) is 3.10. The van der Waals surface area contributed by atoms with E-state index in [9.17, 15) is 9.90 Å². The number of fused-ring (bicyclic) bond motifs is 1. The molecule has 0 saturated heterocycles. The molecule has 0 spiro atoms. The number of nitrogens with zero attached hydrogens (tertiary/aromatic N) is 4. The molecule has 1 aliphatic rings. The van der Waals surface area contributed by atoms with Gasteiger partial charge in [0.05, 0.1) is 24.4 Å².